The average Bonchev–Trinajstić information content (AvgIpc) is 2.56. The van der Waals surface area contributed by atoms with E-state index in [-0.39, 0.29) is 0 Å². The summed E-state index contributed by atoms with van der Waals surface area (Å²) in [6.45, 7) is 11.6. The van der Waals surface area contributed by atoms with E-state index in [1.165, 1.54) is 6.42 Å². The monoisotopic (exact) mass is 314 g/mol. The number of aliphatic imine (C=N–C) groups is 1. The summed E-state index contributed by atoms with van der Waals surface area (Å²) in [5.41, 5.74) is 0. The van der Waals surface area contributed by atoms with Gasteiger partial charge in [0.25, 0.3) is 0 Å². The van der Waals surface area contributed by atoms with Crippen LogP contribution in [0.4, 0.5) is 0 Å². The molecule has 6 nitrogen and oxygen atoms in total. The van der Waals surface area contributed by atoms with Crippen molar-refractivity contribution in [2.45, 2.75) is 39.2 Å². The third kappa shape index (κ3) is 8.56. The summed E-state index contributed by atoms with van der Waals surface area (Å²) in [6, 6.07) is 0.459. The Hall–Kier alpha value is -0.850. The second-order valence-electron chi connectivity index (χ2n) is 5.70. The molecule has 6 heteroatoms. The molecule has 0 aromatic heterocycles. The van der Waals surface area contributed by atoms with Crippen molar-refractivity contribution in [2.24, 2.45) is 4.99 Å². The van der Waals surface area contributed by atoms with Gasteiger partial charge in [-0.1, -0.05) is 0 Å². The van der Waals surface area contributed by atoms with Gasteiger partial charge in [-0.15, -0.1) is 0 Å². The summed E-state index contributed by atoms with van der Waals surface area (Å²) >= 11 is 0. The number of morpholine rings is 1. The zero-order chi connectivity index (χ0) is 16.0. The third-order valence-corrected chi connectivity index (χ3v) is 3.84. The van der Waals surface area contributed by atoms with Crippen molar-refractivity contribution in [3.05, 3.63) is 0 Å². The Bertz CT molecular complexity index is 294. The smallest absolute Gasteiger partial charge is 0.191 e. The van der Waals surface area contributed by atoms with Gasteiger partial charge in [0.1, 0.15) is 0 Å². The van der Waals surface area contributed by atoms with Gasteiger partial charge in [0.05, 0.1) is 19.8 Å². The van der Waals surface area contributed by atoms with Crippen LogP contribution in [0.15, 0.2) is 4.99 Å². The van der Waals surface area contributed by atoms with E-state index in [1.807, 2.05) is 0 Å². The standard InChI is InChI=1S/C16H34N4O2/c1-4-17-16(18-8-6-5-7-11-21-3)19-14-15(2)20-9-12-22-13-10-20/h15H,4-14H2,1-3H3,(H2,17,18,19). The Balaban J connectivity index is 2.24. The molecule has 1 atom stereocenters. The van der Waals surface area contributed by atoms with Crippen molar-refractivity contribution < 1.29 is 9.47 Å². The number of ether oxygens (including phenoxy) is 2. The molecule has 1 saturated heterocycles. The average molecular weight is 314 g/mol. The van der Waals surface area contributed by atoms with Crippen LogP contribution >= 0.6 is 0 Å². The van der Waals surface area contributed by atoms with Gasteiger partial charge in [-0.05, 0) is 33.1 Å². The van der Waals surface area contributed by atoms with Crippen LogP contribution in [-0.2, 0) is 9.47 Å². The molecular formula is C16H34N4O2. The van der Waals surface area contributed by atoms with Crippen LogP contribution in [0.3, 0.4) is 0 Å². The normalized spacial score (nSPS) is 18.2. The van der Waals surface area contributed by atoms with Gasteiger partial charge in [0, 0.05) is 45.9 Å². The van der Waals surface area contributed by atoms with E-state index < -0.39 is 0 Å². The largest absolute Gasteiger partial charge is 0.385 e. The van der Waals surface area contributed by atoms with Crippen LogP contribution in [0.1, 0.15) is 33.1 Å². The number of nitrogens with one attached hydrogen (secondary N) is 2. The van der Waals surface area contributed by atoms with Crippen LogP contribution in [-0.4, -0.2) is 76.6 Å². The molecule has 0 bridgehead atoms. The molecule has 0 aromatic carbocycles. The van der Waals surface area contributed by atoms with E-state index in [9.17, 15) is 0 Å². The fourth-order valence-electron chi connectivity index (χ4n) is 2.45. The summed E-state index contributed by atoms with van der Waals surface area (Å²) in [5, 5.41) is 6.72. The molecule has 1 aliphatic rings. The summed E-state index contributed by atoms with van der Waals surface area (Å²) in [4.78, 5) is 7.16. The highest BCUT2D eigenvalue weighted by Crippen LogP contribution is 2.03. The van der Waals surface area contributed by atoms with Gasteiger partial charge >= 0.3 is 0 Å². The highest BCUT2D eigenvalue weighted by molar-refractivity contribution is 5.79. The molecule has 0 amide bonds. The molecule has 1 rings (SSSR count). The lowest BCUT2D eigenvalue weighted by atomic mass is 10.2. The minimum absolute atomic E-state index is 0.459. The van der Waals surface area contributed by atoms with Gasteiger partial charge in [0.2, 0.25) is 0 Å². The van der Waals surface area contributed by atoms with Crippen molar-refractivity contribution in [2.75, 3.05) is 59.7 Å². The lowest BCUT2D eigenvalue weighted by Gasteiger charge is -2.31. The molecule has 0 saturated carbocycles. The molecule has 1 aliphatic heterocycles. The van der Waals surface area contributed by atoms with Crippen molar-refractivity contribution in [1.29, 1.82) is 0 Å². The maximum absolute atomic E-state index is 5.40. The molecule has 0 aromatic rings. The lowest BCUT2D eigenvalue weighted by Crippen LogP contribution is -2.44. The zero-order valence-electron chi connectivity index (χ0n) is 14.6. The fraction of sp³-hybridized carbons (Fsp3) is 0.938. The number of unbranched alkanes of at least 4 members (excludes halogenated alkanes) is 2. The topological polar surface area (TPSA) is 58.1 Å². The van der Waals surface area contributed by atoms with E-state index in [0.29, 0.717) is 6.04 Å². The van der Waals surface area contributed by atoms with Crippen molar-refractivity contribution >= 4 is 5.96 Å². The van der Waals surface area contributed by atoms with E-state index >= 15 is 0 Å². The number of hydrogen-bond acceptors (Lipinski definition) is 4. The van der Waals surface area contributed by atoms with Crippen LogP contribution in [0.5, 0.6) is 0 Å². The van der Waals surface area contributed by atoms with Crippen molar-refractivity contribution in [3.8, 4) is 0 Å². The summed E-state index contributed by atoms with van der Waals surface area (Å²) < 4.78 is 10.5. The Morgan fingerprint density at radius 3 is 2.68 bits per heavy atom. The minimum atomic E-state index is 0.459. The highest BCUT2D eigenvalue weighted by atomic mass is 16.5. The molecule has 1 heterocycles. The molecular weight excluding hydrogens is 280 g/mol. The molecule has 1 unspecified atom stereocenters. The maximum atomic E-state index is 5.40. The fourth-order valence-corrected chi connectivity index (χ4v) is 2.45. The summed E-state index contributed by atoms with van der Waals surface area (Å²) in [7, 11) is 1.75. The first-order valence-electron chi connectivity index (χ1n) is 8.60. The number of methoxy groups -OCH3 is 1. The molecule has 2 N–H and O–H groups in total. The number of rotatable bonds is 10. The highest BCUT2D eigenvalue weighted by Gasteiger charge is 2.16. The van der Waals surface area contributed by atoms with Gasteiger partial charge < -0.3 is 20.1 Å². The van der Waals surface area contributed by atoms with E-state index in [4.69, 9.17) is 14.5 Å². The number of guanidine groups is 1. The SMILES string of the molecule is CCNC(=NCC(C)N1CCOCC1)NCCCCCOC. The van der Waals surface area contributed by atoms with Crippen LogP contribution in [0, 0.1) is 0 Å². The Morgan fingerprint density at radius 1 is 1.23 bits per heavy atom. The van der Waals surface area contributed by atoms with Crippen LogP contribution in [0.25, 0.3) is 0 Å². The number of nitrogens with zero attached hydrogens (tertiary/aromatic N) is 2. The van der Waals surface area contributed by atoms with Gasteiger partial charge in [0.15, 0.2) is 5.96 Å². The lowest BCUT2D eigenvalue weighted by molar-refractivity contribution is 0.0220. The molecule has 1 fully saturated rings. The molecule has 0 radical (unpaired) electrons. The third-order valence-electron chi connectivity index (χ3n) is 3.84. The Morgan fingerprint density at radius 2 is 2.00 bits per heavy atom. The van der Waals surface area contributed by atoms with E-state index in [2.05, 4.69) is 29.4 Å². The Kier molecular flexibility index (Phi) is 11.1. The first kappa shape index (κ1) is 19.2. The van der Waals surface area contributed by atoms with Crippen LogP contribution in [0.2, 0.25) is 0 Å². The second-order valence-corrected chi connectivity index (χ2v) is 5.70. The molecule has 130 valence electrons. The Labute approximate surface area is 135 Å². The van der Waals surface area contributed by atoms with E-state index in [1.54, 1.807) is 7.11 Å². The minimum Gasteiger partial charge on any atom is -0.385 e. The number of hydrogen-bond donors (Lipinski definition) is 2. The maximum Gasteiger partial charge on any atom is 0.191 e. The van der Waals surface area contributed by atoms with E-state index in [0.717, 1.165) is 71.3 Å². The van der Waals surface area contributed by atoms with Crippen molar-refractivity contribution in [1.82, 2.24) is 15.5 Å². The summed E-state index contributed by atoms with van der Waals surface area (Å²) in [5.74, 6) is 0.925. The summed E-state index contributed by atoms with van der Waals surface area (Å²) in [6.07, 6.45) is 3.46. The predicted octanol–water partition coefficient (Wildman–Crippen LogP) is 1.08. The van der Waals surface area contributed by atoms with Crippen LogP contribution < -0.4 is 10.6 Å². The molecule has 22 heavy (non-hydrogen) atoms. The predicted molar refractivity (Wildman–Crippen MR) is 91.6 cm³/mol. The first-order valence-corrected chi connectivity index (χ1v) is 8.60. The molecule has 0 aliphatic carbocycles. The quantitative estimate of drug-likeness (QED) is 0.359. The zero-order valence-corrected chi connectivity index (χ0v) is 14.6. The molecule has 0 spiro atoms. The second kappa shape index (κ2) is 12.7. The van der Waals surface area contributed by atoms with Gasteiger partial charge in [-0.3, -0.25) is 9.89 Å². The first-order chi connectivity index (χ1) is 10.8. The van der Waals surface area contributed by atoms with Gasteiger partial charge in [-0.25, -0.2) is 0 Å². The van der Waals surface area contributed by atoms with Gasteiger partial charge in [-0.2, -0.15) is 0 Å². The van der Waals surface area contributed by atoms with Crippen molar-refractivity contribution in [3.63, 3.8) is 0 Å².